The van der Waals surface area contributed by atoms with E-state index in [9.17, 15) is 0 Å². The molecule has 0 spiro atoms. The fourth-order valence-electron chi connectivity index (χ4n) is 0.279. The quantitative estimate of drug-likeness (QED) is 0.436. The van der Waals surface area contributed by atoms with Crippen molar-refractivity contribution in [3.63, 3.8) is 0 Å². The molecular weight excluding hydrogens is 190 g/mol. The molecule has 0 aromatic heterocycles. The van der Waals surface area contributed by atoms with Crippen LogP contribution in [0.15, 0.2) is 0 Å². The van der Waals surface area contributed by atoms with Crippen molar-refractivity contribution >= 4 is 17.0 Å². The lowest BCUT2D eigenvalue weighted by atomic mass is 10.2. The van der Waals surface area contributed by atoms with E-state index in [0.29, 0.717) is 0 Å². The van der Waals surface area contributed by atoms with E-state index in [4.69, 9.17) is 21.1 Å². The number of halogens is 1. The predicted octanol–water partition coefficient (Wildman–Crippen LogP) is -1.76. The summed E-state index contributed by atoms with van der Waals surface area (Å²) in [6.45, 7) is -0.472. The smallest absolute Gasteiger partial charge is 0.104 e. The normalized spacial score (nSPS) is 16.0. The molecule has 4 nitrogen and oxygen atoms in total. The third-order valence-electron chi connectivity index (χ3n) is 0.873. The van der Waals surface area contributed by atoms with Gasteiger partial charge in [0.05, 0.1) is 12.7 Å². The number of aliphatic hydroxyl groups is 3. The second-order valence-corrected chi connectivity index (χ2v) is 1.55. The molecule has 58 valence electrons. The largest absolute Gasteiger partial charge is 0.394 e. The Balaban J connectivity index is 0. The van der Waals surface area contributed by atoms with E-state index >= 15 is 0 Å². The fourth-order valence-corrected chi connectivity index (χ4v) is 0.279. The van der Waals surface area contributed by atoms with Gasteiger partial charge in [-0.3, -0.25) is 0 Å². The summed E-state index contributed by atoms with van der Waals surface area (Å²) in [5, 5.41) is 25.3. The minimum Gasteiger partial charge on any atom is -0.394 e. The maximum Gasteiger partial charge on any atom is 0.104 e. The molecule has 0 bridgehead atoms. The molecule has 5 heteroatoms. The summed E-state index contributed by atoms with van der Waals surface area (Å²) < 4.78 is 0. The predicted molar refractivity (Wildman–Crippen MR) is 38.5 cm³/mol. The molecule has 0 radical (unpaired) electrons. The summed E-state index contributed by atoms with van der Waals surface area (Å²) >= 11 is 0. The molecule has 0 aliphatic carbocycles. The summed E-state index contributed by atoms with van der Waals surface area (Å²) in [6, 6.07) is 0. The van der Waals surface area contributed by atoms with Crippen LogP contribution in [0.2, 0.25) is 0 Å². The first-order chi connectivity index (χ1) is 3.72. The van der Waals surface area contributed by atoms with Crippen LogP contribution in [-0.4, -0.2) is 40.7 Å². The molecule has 0 saturated heterocycles. The van der Waals surface area contributed by atoms with Crippen LogP contribution >= 0.6 is 17.0 Å². The van der Waals surface area contributed by atoms with Gasteiger partial charge in [0.15, 0.2) is 0 Å². The highest BCUT2D eigenvalue weighted by molar-refractivity contribution is 8.93. The van der Waals surface area contributed by atoms with E-state index in [0.717, 1.165) is 0 Å². The maximum absolute atomic E-state index is 8.59. The van der Waals surface area contributed by atoms with Crippen LogP contribution < -0.4 is 5.73 Å². The van der Waals surface area contributed by atoms with Crippen molar-refractivity contribution in [1.29, 1.82) is 0 Å². The maximum atomic E-state index is 8.59. The summed E-state index contributed by atoms with van der Waals surface area (Å²) in [5.41, 5.74) is 4.93. The SMILES string of the molecule is Br.NCC(O)C(O)CO. The molecule has 2 atom stereocenters. The Kier molecular flexibility index (Phi) is 8.62. The van der Waals surface area contributed by atoms with Crippen LogP contribution in [0, 0.1) is 0 Å². The highest BCUT2D eigenvalue weighted by Crippen LogP contribution is 1.87. The Labute approximate surface area is 64.1 Å². The zero-order valence-corrected chi connectivity index (χ0v) is 6.61. The second kappa shape index (κ2) is 6.44. The minimum atomic E-state index is -1.10. The summed E-state index contributed by atoms with van der Waals surface area (Å²) in [5.74, 6) is 0. The lowest BCUT2D eigenvalue weighted by Gasteiger charge is -2.11. The number of hydrogen-bond donors (Lipinski definition) is 4. The van der Waals surface area contributed by atoms with Crippen molar-refractivity contribution in [3.8, 4) is 0 Å². The molecule has 0 fully saturated rings. The molecule has 9 heavy (non-hydrogen) atoms. The highest BCUT2D eigenvalue weighted by atomic mass is 79.9. The van der Waals surface area contributed by atoms with Gasteiger partial charge in [0, 0.05) is 6.54 Å². The Bertz CT molecular complexity index is 55.8. The van der Waals surface area contributed by atoms with Gasteiger partial charge in [-0.15, -0.1) is 17.0 Å². The number of nitrogens with two attached hydrogens (primary N) is 1. The van der Waals surface area contributed by atoms with Gasteiger partial charge in [-0.05, 0) is 0 Å². The lowest BCUT2D eigenvalue weighted by molar-refractivity contribution is -0.00894. The van der Waals surface area contributed by atoms with Gasteiger partial charge in [0.25, 0.3) is 0 Å². The first kappa shape index (κ1) is 12.0. The molecule has 0 aliphatic heterocycles. The Morgan fingerprint density at radius 2 is 1.67 bits per heavy atom. The standard InChI is InChI=1S/C4H11NO3.BrH/c5-1-3(7)4(8)2-6;/h3-4,6-8H,1-2,5H2;1H. The minimum absolute atomic E-state index is 0. The topological polar surface area (TPSA) is 86.7 Å². The van der Waals surface area contributed by atoms with Crippen LogP contribution in [-0.2, 0) is 0 Å². The first-order valence-corrected chi connectivity index (χ1v) is 2.39. The molecule has 0 heterocycles. The third kappa shape index (κ3) is 4.80. The second-order valence-electron chi connectivity index (χ2n) is 1.55. The molecular formula is C4H12BrNO3. The first-order valence-electron chi connectivity index (χ1n) is 2.39. The molecule has 0 aliphatic rings. The number of rotatable bonds is 3. The lowest BCUT2D eigenvalue weighted by Crippen LogP contribution is -2.35. The van der Waals surface area contributed by atoms with E-state index in [-0.39, 0.29) is 23.5 Å². The third-order valence-corrected chi connectivity index (χ3v) is 0.873. The molecule has 5 N–H and O–H groups in total. The van der Waals surface area contributed by atoms with Crippen molar-refractivity contribution in [1.82, 2.24) is 0 Å². The Morgan fingerprint density at radius 3 is 1.78 bits per heavy atom. The van der Waals surface area contributed by atoms with E-state index < -0.39 is 18.8 Å². The monoisotopic (exact) mass is 201 g/mol. The zero-order valence-electron chi connectivity index (χ0n) is 4.90. The Hall–Kier alpha value is 0.320. The van der Waals surface area contributed by atoms with Gasteiger partial charge in [-0.2, -0.15) is 0 Å². The number of aliphatic hydroxyl groups excluding tert-OH is 3. The molecule has 0 aromatic carbocycles. The van der Waals surface area contributed by atoms with E-state index in [1.165, 1.54) is 0 Å². The van der Waals surface area contributed by atoms with Crippen LogP contribution in [0.4, 0.5) is 0 Å². The molecule has 0 amide bonds. The average molecular weight is 202 g/mol. The fraction of sp³-hybridized carbons (Fsp3) is 1.00. The average Bonchev–Trinajstić information content (AvgIpc) is 1.84. The van der Waals surface area contributed by atoms with Gasteiger partial charge >= 0.3 is 0 Å². The van der Waals surface area contributed by atoms with Crippen LogP contribution in [0.3, 0.4) is 0 Å². The zero-order chi connectivity index (χ0) is 6.57. The summed E-state index contributed by atoms with van der Waals surface area (Å²) in [6.07, 6.45) is -2.10. The van der Waals surface area contributed by atoms with Crippen molar-refractivity contribution in [2.75, 3.05) is 13.2 Å². The van der Waals surface area contributed by atoms with Gasteiger partial charge in [0.1, 0.15) is 6.10 Å². The van der Waals surface area contributed by atoms with E-state index in [1.54, 1.807) is 0 Å². The van der Waals surface area contributed by atoms with Crippen LogP contribution in [0.1, 0.15) is 0 Å². The van der Waals surface area contributed by atoms with E-state index in [1.807, 2.05) is 0 Å². The van der Waals surface area contributed by atoms with Crippen molar-refractivity contribution < 1.29 is 15.3 Å². The summed E-state index contributed by atoms with van der Waals surface area (Å²) in [7, 11) is 0. The molecule has 0 aromatic rings. The molecule has 0 saturated carbocycles. The molecule has 2 unspecified atom stereocenters. The van der Waals surface area contributed by atoms with Gasteiger partial charge in [-0.1, -0.05) is 0 Å². The van der Waals surface area contributed by atoms with Crippen LogP contribution in [0.25, 0.3) is 0 Å². The summed E-state index contributed by atoms with van der Waals surface area (Å²) in [4.78, 5) is 0. The van der Waals surface area contributed by atoms with Gasteiger partial charge in [-0.25, -0.2) is 0 Å². The van der Waals surface area contributed by atoms with Gasteiger partial charge in [0.2, 0.25) is 0 Å². The van der Waals surface area contributed by atoms with Crippen molar-refractivity contribution in [3.05, 3.63) is 0 Å². The van der Waals surface area contributed by atoms with Crippen molar-refractivity contribution in [2.24, 2.45) is 5.73 Å². The highest BCUT2D eigenvalue weighted by Gasteiger charge is 2.11. The van der Waals surface area contributed by atoms with Crippen LogP contribution in [0.5, 0.6) is 0 Å². The van der Waals surface area contributed by atoms with Crippen molar-refractivity contribution in [2.45, 2.75) is 12.2 Å². The number of hydrogen-bond acceptors (Lipinski definition) is 4. The molecule has 0 rings (SSSR count). The Morgan fingerprint density at radius 1 is 1.22 bits per heavy atom. The van der Waals surface area contributed by atoms with E-state index in [2.05, 4.69) is 0 Å². The van der Waals surface area contributed by atoms with Gasteiger partial charge < -0.3 is 21.1 Å².